The molecule has 0 unspecified atom stereocenters. The van der Waals surface area contributed by atoms with Crippen molar-refractivity contribution in [3.8, 4) is 0 Å². The smallest absolute Gasteiger partial charge is 0.223 e. The lowest BCUT2D eigenvalue weighted by Gasteiger charge is -2.50. The zero-order valence-electron chi connectivity index (χ0n) is 16.0. The van der Waals surface area contributed by atoms with E-state index < -0.39 is 0 Å². The van der Waals surface area contributed by atoms with E-state index in [0.29, 0.717) is 12.3 Å². The second kappa shape index (κ2) is 7.85. The van der Waals surface area contributed by atoms with Crippen molar-refractivity contribution in [2.75, 3.05) is 0 Å². The summed E-state index contributed by atoms with van der Waals surface area (Å²) in [5.41, 5.74) is 2.42. The van der Waals surface area contributed by atoms with Crippen molar-refractivity contribution in [3.05, 3.63) is 71.8 Å². The third-order valence-corrected chi connectivity index (χ3v) is 6.40. The molecule has 5 atom stereocenters. The number of amides is 1. The first-order valence-electron chi connectivity index (χ1n) is 10.2. The molecule has 0 aromatic heterocycles. The van der Waals surface area contributed by atoms with E-state index in [9.17, 15) is 9.90 Å². The SMILES string of the molecule is C[C@@H]1C[C@@H]2[C@H](CCC(=O)N2[C@H](Cc2ccccc2)c2ccccc2)[C@@H](O)C1. The molecule has 27 heavy (non-hydrogen) atoms. The van der Waals surface area contributed by atoms with Gasteiger partial charge in [-0.15, -0.1) is 0 Å². The lowest BCUT2D eigenvalue weighted by atomic mass is 9.71. The molecule has 1 amide bonds. The third kappa shape index (κ3) is 3.79. The number of aliphatic hydroxyl groups is 1. The monoisotopic (exact) mass is 363 g/mol. The number of benzene rings is 2. The highest BCUT2D eigenvalue weighted by Crippen LogP contribution is 2.42. The van der Waals surface area contributed by atoms with E-state index in [4.69, 9.17) is 0 Å². The third-order valence-electron chi connectivity index (χ3n) is 6.40. The minimum Gasteiger partial charge on any atom is -0.393 e. The van der Waals surface area contributed by atoms with Crippen molar-refractivity contribution in [1.82, 2.24) is 4.90 Å². The highest BCUT2D eigenvalue weighted by Gasteiger charge is 2.45. The molecular weight excluding hydrogens is 334 g/mol. The van der Waals surface area contributed by atoms with E-state index in [2.05, 4.69) is 60.4 Å². The number of aliphatic hydroxyl groups excluding tert-OH is 1. The Hall–Kier alpha value is -2.13. The van der Waals surface area contributed by atoms with Gasteiger partial charge in [0.25, 0.3) is 0 Å². The number of hydrogen-bond donors (Lipinski definition) is 1. The zero-order chi connectivity index (χ0) is 18.8. The summed E-state index contributed by atoms with van der Waals surface area (Å²) in [6, 6.07) is 21.0. The summed E-state index contributed by atoms with van der Waals surface area (Å²) in [4.78, 5) is 15.2. The molecule has 1 heterocycles. The maximum atomic E-state index is 13.1. The minimum absolute atomic E-state index is 0.0198. The van der Waals surface area contributed by atoms with Gasteiger partial charge in [0.15, 0.2) is 0 Å². The highest BCUT2D eigenvalue weighted by atomic mass is 16.3. The van der Waals surface area contributed by atoms with Crippen molar-refractivity contribution < 1.29 is 9.90 Å². The van der Waals surface area contributed by atoms with Gasteiger partial charge in [-0.05, 0) is 42.7 Å². The van der Waals surface area contributed by atoms with Gasteiger partial charge in [-0.3, -0.25) is 4.79 Å². The average molecular weight is 364 g/mol. The van der Waals surface area contributed by atoms with Gasteiger partial charge in [0.2, 0.25) is 5.91 Å². The molecule has 2 fully saturated rings. The first kappa shape index (κ1) is 18.2. The molecule has 2 aromatic rings. The van der Waals surface area contributed by atoms with Gasteiger partial charge in [0.05, 0.1) is 12.1 Å². The summed E-state index contributed by atoms with van der Waals surface area (Å²) in [7, 11) is 0. The molecule has 2 aliphatic rings. The molecule has 2 aromatic carbocycles. The Morgan fingerprint density at radius 2 is 1.70 bits per heavy atom. The predicted octanol–water partition coefficient (Wildman–Crippen LogP) is 4.37. The van der Waals surface area contributed by atoms with Crippen molar-refractivity contribution in [3.63, 3.8) is 0 Å². The van der Waals surface area contributed by atoms with Gasteiger partial charge < -0.3 is 10.0 Å². The molecule has 0 bridgehead atoms. The fourth-order valence-electron chi connectivity index (χ4n) is 5.13. The number of hydrogen-bond acceptors (Lipinski definition) is 2. The molecule has 1 saturated carbocycles. The number of nitrogens with zero attached hydrogens (tertiary/aromatic N) is 1. The number of likely N-dealkylation sites (tertiary alicyclic amines) is 1. The Bertz CT molecular complexity index is 760. The number of fused-ring (bicyclic) bond motifs is 1. The average Bonchev–Trinajstić information content (AvgIpc) is 2.68. The second-order valence-electron chi connectivity index (χ2n) is 8.33. The summed E-state index contributed by atoms with van der Waals surface area (Å²) in [5, 5.41) is 10.7. The lowest BCUT2D eigenvalue weighted by Crippen LogP contribution is -2.56. The molecule has 1 saturated heterocycles. The molecule has 3 heteroatoms. The fourth-order valence-corrected chi connectivity index (χ4v) is 5.13. The van der Waals surface area contributed by atoms with Crippen molar-refractivity contribution >= 4 is 5.91 Å². The van der Waals surface area contributed by atoms with Crippen molar-refractivity contribution in [2.45, 2.75) is 57.2 Å². The zero-order valence-corrected chi connectivity index (χ0v) is 16.0. The van der Waals surface area contributed by atoms with E-state index in [1.54, 1.807) is 0 Å². The van der Waals surface area contributed by atoms with Crippen LogP contribution in [0.3, 0.4) is 0 Å². The van der Waals surface area contributed by atoms with Gasteiger partial charge in [0.1, 0.15) is 0 Å². The van der Waals surface area contributed by atoms with Crippen LogP contribution in [0.15, 0.2) is 60.7 Å². The lowest BCUT2D eigenvalue weighted by molar-refractivity contribution is -0.149. The van der Waals surface area contributed by atoms with Gasteiger partial charge >= 0.3 is 0 Å². The van der Waals surface area contributed by atoms with Crippen LogP contribution in [0.1, 0.15) is 49.8 Å². The highest BCUT2D eigenvalue weighted by molar-refractivity contribution is 5.78. The van der Waals surface area contributed by atoms with Crippen molar-refractivity contribution in [1.29, 1.82) is 0 Å². The number of carbonyl (C=O) groups is 1. The Labute approximate surface area is 162 Å². The van der Waals surface area contributed by atoms with Crippen molar-refractivity contribution in [2.24, 2.45) is 11.8 Å². The fraction of sp³-hybridized carbons (Fsp3) is 0.458. The van der Waals surface area contributed by atoms with E-state index in [1.165, 1.54) is 11.1 Å². The van der Waals surface area contributed by atoms with Crippen LogP contribution in [-0.4, -0.2) is 28.1 Å². The van der Waals surface area contributed by atoms with Crippen LogP contribution in [0.2, 0.25) is 0 Å². The predicted molar refractivity (Wildman–Crippen MR) is 107 cm³/mol. The van der Waals surface area contributed by atoms with Crippen LogP contribution in [0.5, 0.6) is 0 Å². The molecule has 1 aliphatic heterocycles. The molecule has 0 radical (unpaired) electrons. The van der Waals surface area contributed by atoms with Crippen LogP contribution in [0.25, 0.3) is 0 Å². The maximum absolute atomic E-state index is 13.1. The van der Waals surface area contributed by atoms with Crippen LogP contribution in [0, 0.1) is 11.8 Å². The summed E-state index contributed by atoms with van der Waals surface area (Å²) >= 11 is 0. The van der Waals surface area contributed by atoms with Crippen LogP contribution >= 0.6 is 0 Å². The molecule has 4 rings (SSSR count). The minimum atomic E-state index is -0.289. The molecule has 142 valence electrons. The summed E-state index contributed by atoms with van der Waals surface area (Å²) in [6.07, 6.45) is 3.74. The second-order valence-corrected chi connectivity index (χ2v) is 8.33. The maximum Gasteiger partial charge on any atom is 0.223 e. The summed E-state index contributed by atoms with van der Waals surface area (Å²) in [5.74, 6) is 0.894. The van der Waals surface area contributed by atoms with Crippen LogP contribution < -0.4 is 0 Å². The van der Waals surface area contributed by atoms with E-state index in [-0.39, 0.29) is 30.0 Å². The van der Waals surface area contributed by atoms with Gasteiger partial charge in [-0.2, -0.15) is 0 Å². The normalized spacial score (nSPS) is 29.3. The number of rotatable bonds is 4. The van der Waals surface area contributed by atoms with Crippen LogP contribution in [0.4, 0.5) is 0 Å². The first-order valence-corrected chi connectivity index (χ1v) is 10.2. The molecular formula is C24H29NO2. The van der Waals surface area contributed by atoms with E-state index in [1.807, 2.05) is 12.1 Å². The van der Waals surface area contributed by atoms with Gasteiger partial charge in [0, 0.05) is 18.4 Å². The van der Waals surface area contributed by atoms with E-state index in [0.717, 1.165) is 25.7 Å². The Kier molecular flexibility index (Phi) is 5.31. The molecule has 3 nitrogen and oxygen atoms in total. The van der Waals surface area contributed by atoms with Gasteiger partial charge in [-0.25, -0.2) is 0 Å². The Morgan fingerprint density at radius 3 is 2.41 bits per heavy atom. The van der Waals surface area contributed by atoms with E-state index >= 15 is 0 Å². The van der Waals surface area contributed by atoms with Gasteiger partial charge in [-0.1, -0.05) is 67.6 Å². The topological polar surface area (TPSA) is 40.5 Å². The number of piperidine rings is 1. The molecule has 1 aliphatic carbocycles. The Morgan fingerprint density at radius 1 is 1.04 bits per heavy atom. The summed E-state index contributed by atoms with van der Waals surface area (Å²) in [6.45, 7) is 2.20. The largest absolute Gasteiger partial charge is 0.393 e. The molecule has 0 spiro atoms. The molecule has 1 N–H and O–H groups in total. The standard InChI is InChI=1S/C24H29NO2/c1-17-14-22-20(23(26)15-17)12-13-24(27)25(22)21(19-10-6-3-7-11-19)16-18-8-4-2-5-9-18/h2-11,17,20-23,26H,12-16H2,1H3/t17-,20+,21-,22-,23+/m1/s1. The van der Waals surface area contributed by atoms with Crippen LogP contribution in [-0.2, 0) is 11.2 Å². The number of carbonyl (C=O) groups excluding carboxylic acids is 1. The summed E-state index contributed by atoms with van der Waals surface area (Å²) < 4.78 is 0. The first-order chi connectivity index (χ1) is 13.1. The quantitative estimate of drug-likeness (QED) is 0.876. The Balaban J connectivity index is 1.71.